The van der Waals surface area contributed by atoms with Crippen LogP contribution in [-0.4, -0.2) is 13.1 Å². The molecule has 112 valence electrons. The average Bonchev–Trinajstić information content (AvgIpc) is 2.86. The Morgan fingerprint density at radius 3 is 2.20 bits per heavy atom. The SMILES string of the molecule is Cl.Fc1ccc(C(F)(F)F)c([C@@H]2C[C@H]3CNC[C@H]3C2)c1. The molecule has 1 heterocycles. The first-order valence-electron chi connectivity index (χ1n) is 6.52. The van der Waals surface area contributed by atoms with Crippen LogP contribution in [0.2, 0.25) is 0 Å². The Balaban J connectivity index is 0.00000147. The van der Waals surface area contributed by atoms with Gasteiger partial charge in [-0.3, -0.25) is 0 Å². The van der Waals surface area contributed by atoms with Gasteiger partial charge in [-0.15, -0.1) is 12.4 Å². The largest absolute Gasteiger partial charge is 0.416 e. The lowest BCUT2D eigenvalue weighted by Gasteiger charge is -2.18. The van der Waals surface area contributed by atoms with Gasteiger partial charge < -0.3 is 5.32 Å². The molecule has 2 aliphatic rings. The Hall–Kier alpha value is -0.810. The fourth-order valence-corrected chi connectivity index (χ4v) is 3.55. The highest BCUT2D eigenvalue weighted by Crippen LogP contribution is 2.47. The maximum atomic E-state index is 13.3. The van der Waals surface area contributed by atoms with Gasteiger partial charge in [-0.1, -0.05) is 0 Å². The molecule has 0 bridgehead atoms. The van der Waals surface area contributed by atoms with Gasteiger partial charge in [0.15, 0.2) is 0 Å². The van der Waals surface area contributed by atoms with Crippen LogP contribution in [-0.2, 0) is 6.18 Å². The Morgan fingerprint density at radius 2 is 1.65 bits per heavy atom. The molecule has 0 aromatic heterocycles. The predicted molar refractivity (Wildman–Crippen MR) is 70.5 cm³/mol. The summed E-state index contributed by atoms with van der Waals surface area (Å²) in [6.07, 6.45) is -2.95. The minimum atomic E-state index is -4.40. The monoisotopic (exact) mass is 309 g/mol. The summed E-state index contributed by atoms with van der Waals surface area (Å²) in [6, 6.07) is 2.84. The van der Waals surface area contributed by atoms with Gasteiger partial charge in [0.25, 0.3) is 0 Å². The minimum Gasteiger partial charge on any atom is -0.316 e. The first kappa shape index (κ1) is 15.6. The Morgan fingerprint density at radius 1 is 1.05 bits per heavy atom. The number of benzene rings is 1. The van der Waals surface area contributed by atoms with E-state index in [0.29, 0.717) is 11.8 Å². The molecule has 0 unspecified atom stereocenters. The van der Waals surface area contributed by atoms with Crippen LogP contribution in [0.5, 0.6) is 0 Å². The van der Waals surface area contributed by atoms with Crippen molar-refractivity contribution in [3.63, 3.8) is 0 Å². The lowest BCUT2D eigenvalue weighted by atomic mass is 9.91. The molecule has 3 rings (SSSR count). The van der Waals surface area contributed by atoms with Crippen molar-refractivity contribution < 1.29 is 17.6 Å². The molecule has 1 aliphatic heterocycles. The van der Waals surface area contributed by atoms with Gasteiger partial charge in [0.1, 0.15) is 5.82 Å². The van der Waals surface area contributed by atoms with Gasteiger partial charge in [-0.05, 0) is 67.4 Å². The van der Waals surface area contributed by atoms with E-state index in [2.05, 4.69) is 5.32 Å². The first-order chi connectivity index (χ1) is 8.95. The number of halogens is 5. The van der Waals surface area contributed by atoms with Crippen LogP contribution in [0.4, 0.5) is 17.6 Å². The molecule has 3 atom stereocenters. The number of alkyl halides is 3. The first-order valence-corrected chi connectivity index (χ1v) is 6.52. The van der Waals surface area contributed by atoms with Crippen molar-refractivity contribution in [3.05, 3.63) is 35.1 Å². The van der Waals surface area contributed by atoms with Crippen LogP contribution in [0.15, 0.2) is 18.2 Å². The molecule has 1 nitrogen and oxygen atoms in total. The molecule has 1 N–H and O–H groups in total. The molecule has 2 fully saturated rings. The molecule has 0 amide bonds. The van der Waals surface area contributed by atoms with Crippen molar-refractivity contribution in [2.75, 3.05) is 13.1 Å². The third-order valence-corrected chi connectivity index (χ3v) is 4.41. The van der Waals surface area contributed by atoms with Crippen LogP contribution >= 0.6 is 12.4 Å². The molecular formula is C14H16ClF4N. The second-order valence-electron chi connectivity index (χ2n) is 5.58. The standard InChI is InChI=1S/C14H15F4N.ClH/c15-11-1-2-13(14(16,17)18)12(5-11)8-3-9-6-19-7-10(9)4-8;/h1-2,5,8-10,19H,3-4,6-7H2;1H/t8-,9+,10-;. The van der Waals surface area contributed by atoms with Crippen LogP contribution in [0.1, 0.15) is 29.9 Å². The summed E-state index contributed by atoms with van der Waals surface area (Å²) < 4.78 is 52.3. The topological polar surface area (TPSA) is 12.0 Å². The zero-order valence-corrected chi connectivity index (χ0v) is 11.5. The van der Waals surface area contributed by atoms with Gasteiger partial charge >= 0.3 is 6.18 Å². The van der Waals surface area contributed by atoms with Crippen LogP contribution in [0.3, 0.4) is 0 Å². The van der Waals surface area contributed by atoms with Gasteiger partial charge in [-0.2, -0.15) is 13.2 Å². The van der Waals surface area contributed by atoms with Crippen molar-refractivity contribution in [3.8, 4) is 0 Å². The number of hydrogen-bond acceptors (Lipinski definition) is 1. The fraction of sp³-hybridized carbons (Fsp3) is 0.571. The van der Waals surface area contributed by atoms with E-state index in [1.165, 1.54) is 0 Å². The number of rotatable bonds is 1. The van der Waals surface area contributed by atoms with Crippen molar-refractivity contribution in [2.45, 2.75) is 24.9 Å². The van der Waals surface area contributed by atoms with E-state index in [1.54, 1.807) is 0 Å². The highest BCUT2D eigenvalue weighted by atomic mass is 35.5. The summed E-state index contributed by atoms with van der Waals surface area (Å²) in [7, 11) is 0. The molecule has 1 aromatic carbocycles. The van der Waals surface area contributed by atoms with Gasteiger partial charge in [0, 0.05) is 0 Å². The van der Waals surface area contributed by atoms with Gasteiger partial charge in [0.2, 0.25) is 0 Å². The second kappa shape index (κ2) is 5.53. The smallest absolute Gasteiger partial charge is 0.316 e. The molecule has 20 heavy (non-hydrogen) atoms. The van der Waals surface area contributed by atoms with Crippen molar-refractivity contribution in [1.29, 1.82) is 0 Å². The maximum Gasteiger partial charge on any atom is 0.416 e. The maximum absolute atomic E-state index is 13.3. The summed E-state index contributed by atoms with van der Waals surface area (Å²) in [5.41, 5.74) is -0.534. The van der Waals surface area contributed by atoms with E-state index in [9.17, 15) is 17.6 Å². The molecule has 1 aliphatic carbocycles. The highest BCUT2D eigenvalue weighted by Gasteiger charge is 2.42. The van der Waals surface area contributed by atoms with Crippen molar-refractivity contribution in [1.82, 2.24) is 5.32 Å². The van der Waals surface area contributed by atoms with Crippen LogP contribution in [0, 0.1) is 17.7 Å². The van der Waals surface area contributed by atoms with Crippen LogP contribution < -0.4 is 5.32 Å². The number of hydrogen-bond donors (Lipinski definition) is 1. The van der Waals surface area contributed by atoms with Crippen molar-refractivity contribution in [2.24, 2.45) is 11.8 Å². The Labute approximate surface area is 121 Å². The number of nitrogens with one attached hydrogen (secondary N) is 1. The molecule has 0 radical (unpaired) electrons. The van der Waals surface area contributed by atoms with E-state index >= 15 is 0 Å². The number of fused-ring (bicyclic) bond motifs is 1. The molecular weight excluding hydrogens is 294 g/mol. The van der Waals surface area contributed by atoms with Crippen LogP contribution in [0.25, 0.3) is 0 Å². The zero-order valence-electron chi connectivity index (χ0n) is 10.7. The highest BCUT2D eigenvalue weighted by molar-refractivity contribution is 5.85. The Kier molecular flexibility index (Phi) is 4.30. The molecule has 6 heteroatoms. The molecule has 1 aromatic rings. The minimum absolute atomic E-state index is 0. The molecule has 1 saturated carbocycles. The van der Waals surface area contributed by atoms with E-state index in [-0.39, 0.29) is 23.9 Å². The summed E-state index contributed by atoms with van der Waals surface area (Å²) in [5, 5.41) is 3.26. The van der Waals surface area contributed by atoms with E-state index < -0.39 is 17.6 Å². The van der Waals surface area contributed by atoms with E-state index in [0.717, 1.165) is 44.1 Å². The second-order valence-corrected chi connectivity index (χ2v) is 5.58. The third kappa shape index (κ3) is 2.79. The van der Waals surface area contributed by atoms with E-state index in [1.807, 2.05) is 0 Å². The van der Waals surface area contributed by atoms with Gasteiger partial charge in [-0.25, -0.2) is 4.39 Å². The lowest BCUT2D eigenvalue weighted by molar-refractivity contribution is -0.138. The average molecular weight is 310 g/mol. The fourth-order valence-electron chi connectivity index (χ4n) is 3.55. The summed E-state index contributed by atoms with van der Waals surface area (Å²) in [5.74, 6) is 0.131. The summed E-state index contributed by atoms with van der Waals surface area (Å²) in [6.45, 7) is 1.75. The molecule has 1 saturated heterocycles. The lowest BCUT2D eigenvalue weighted by Crippen LogP contribution is -2.15. The summed E-state index contributed by atoms with van der Waals surface area (Å²) >= 11 is 0. The molecule has 0 spiro atoms. The third-order valence-electron chi connectivity index (χ3n) is 4.41. The summed E-state index contributed by atoms with van der Waals surface area (Å²) in [4.78, 5) is 0. The van der Waals surface area contributed by atoms with Crippen molar-refractivity contribution >= 4 is 12.4 Å². The zero-order chi connectivity index (χ0) is 13.6. The Bertz CT molecular complexity index is 477. The van der Waals surface area contributed by atoms with Gasteiger partial charge in [0.05, 0.1) is 5.56 Å². The van der Waals surface area contributed by atoms with E-state index in [4.69, 9.17) is 0 Å². The normalized spacial score (nSPS) is 29.1. The quantitative estimate of drug-likeness (QED) is 0.774. The predicted octanol–water partition coefficient (Wildman–Crippen LogP) is 3.98.